The summed E-state index contributed by atoms with van der Waals surface area (Å²) in [4.78, 5) is 24.5. The van der Waals surface area contributed by atoms with Crippen molar-refractivity contribution in [1.29, 1.82) is 0 Å². The van der Waals surface area contributed by atoms with Gasteiger partial charge in [0.15, 0.2) is 0 Å². The highest BCUT2D eigenvalue weighted by atomic mass is 32.2. The molecule has 1 amide bonds. The molecular formula is C10H15NO3S. The highest BCUT2D eigenvalue weighted by Crippen LogP contribution is 2.58. The van der Waals surface area contributed by atoms with Gasteiger partial charge in [-0.2, -0.15) is 0 Å². The van der Waals surface area contributed by atoms with E-state index in [-0.39, 0.29) is 11.3 Å². The highest BCUT2D eigenvalue weighted by Gasteiger charge is 2.67. The van der Waals surface area contributed by atoms with Crippen molar-refractivity contribution in [2.45, 2.75) is 43.9 Å². The number of carboxylic acids is 1. The maximum atomic E-state index is 11.8. The minimum atomic E-state index is -0.904. The van der Waals surface area contributed by atoms with Crippen molar-refractivity contribution in [3.05, 3.63) is 0 Å². The lowest BCUT2D eigenvalue weighted by molar-refractivity contribution is -0.170. The van der Waals surface area contributed by atoms with E-state index in [2.05, 4.69) is 0 Å². The number of carbonyl (C=O) groups excluding carboxylic acids is 1. The molecule has 4 nitrogen and oxygen atoms in total. The number of β-lactam (4-membered cyclic amide) rings is 1. The Hall–Kier alpha value is -0.710. The van der Waals surface area contributed by atoms with Crippen molar-refractivity contribution in [2.75, 3.05) is 0 Å². The number of carboxylic acid groups (broad SMARTS) is 1. The van der Waals surface area contributed by atoms with E-state index >= 15 is 0 Å². The number of carbonyl (C=O) groups is 2. The fraction of sp³-hybridized carbons (Fsp3) is 0.800. The summed E-state index contributed by atoms with van der Waals surface area (Å²) in [6, 6.07) is -0.687. The average molecular weight is 229 g/mol. The van der Waals surface area contributed by atoms with Gasteiger partial charge in [0.05, 0.1) is 10.8 Å². The van der Waals surface area contributed by atoms with Gasteiger partial charge in [-0.1, -0.05) is 0 Å². The number of fused-ring (bicyclic) bond motifs is 1. The second-order valence-electron chi connectivity index (χ2n) is 5.25. The first-order chi connectivity index (χ1) is 6.69. The van der Waals surface area contributed by atoms with Gasteiger partial charge in [0.2, 0.25) is 5.91 Å². The smallest absolute Gasteiger partial charge is 0.327 e. The van der Waals surface area contributed by atoms with Crippen LogP contribution in [0.2, 0.25) is 0 Å². The number of aliphatic carboxylic acids is 1. The number of thioether (sulfide) groups is 1. The molecule has 0 aromatic heterocycles. The van der Waals surface area contributed by atoms with E-state index in [1.165, 1.54) is 4.90 Å². The number of hydrogen-bond donors (Lipinski definition) is 1. The molecule has 0 aromatic rings. The quantitative estimate of drug-likeness (QED) is 0.685. The van der Waals surface area contributed by atoms with Gasteiger partial charge >= 0.3 is 5.97 Å². The molecule has 0 spiro atoms. The molecule has 2 aliphatic heterocycles. The molecule has 15 heavy (non-hydrogen) atoms. The second-order valence-corrected chi connectivity index (χ2v) is 6.98. The minimum Gasteiger partial charge on any atom is -0.480 e. The van der Waals surface area contributed by atoms with Crippen LogP contribution >= 0.6 is 11.8 Å². The zero-order valence-corrected chi connectivity index (χ0v) is 10.1. The van der Waals surface area contributed by atoms with E-state index < -0.39 is 22.2 Å². The Morgan fingerprint density at radius 3 is 2.40 bits per heavy atom. The molecule has 0 bridgehead atoms. The predicted molar refractivity (Wildman–Crippen MR) is 57.5 cm³/mol. The van der Waals surface area contributed by atoms with Gasteiger partial charge < -0.3 is 10.0 Å². The minimum absolute atomic E-state index is 0.0149. The number of amides is 1. The molecule has 2 heterocycles. The van der Waals surface area contributed by atoms with E-state index in [0.29, 0.717) is 0 Å². The van der Waals surface area contributed by atoms with Crippen LogP contribution in [0.1, 0.15) is 27.7 Å². The second kappa shape index (κ2) is 2.70. The maximum absolute atomic E-state index is 11.8. The maximum Gasteiger partial charge on any atom is 0.327 e. The van der Waals surface area contributed by atoms with Gasteiger partial charge in [0, 0.05) is 4.75 Å². The summed E-state index contributed by atoms with van der Waals surface area (Å²) in [6.07, 6.45) is 0. The van der Waals surface area contributed by atoms with Crippen molar-refractivity contribution in [3.8, 4) is 0 Å². The summed E-state index contributed by atoms with van der Waals surface area (Å²) in [5.74, 6) is -0.947. The fourth-order valence-electron chi connectivity index (χ4n) is 2.39. The zero-order valence-electron chi connectivity index (χ0n) is 9.27. The largest absolute Gasteiger partial charge is 0.480 e. The molecule has 2 fully saturated rings. The van der Waals surface area contributed by atoms with Gasteiger partial charge in [-0.25, -0.2) is 4.79 Å². The van der Waals surface area contributed by atoms with E-state index in [1.807, 2.05) is 27.7 Å². The standard InChI is InChI=1S/C10H15NO3S/c1-9(2)7(14)11-5(6(12)13)10(3,4)15-8(9)11/h5,8H,1-4H3,(H,12,13)/t5-,8+/m0/s1. The van der Waals surface area contributed by atoms with Crippen LogP contribution < -0.4 is 0 Å². The first-order valence-corrected chi connectivity index (χ1v) is 5.81. The van der Waals surface area contributed by atoms with Crippen LogP contribution in [0.5, 0.6) is 0 Å². The van der Waals surface area contributed by atoms with Gasteiger partial charge in [0.1, 0.15) is 6.04 Å². The summed E-state index contributed by atoms with van der Waals surface area (Å²) in [6.45, 7) is 7.53. The normalized spacial score (nSPS) is 36.0. The van der Waals surface area contributed by atoms with Crippen LogP contribution in [0.4, 0.5) is 0 Å². The van der Waals surface area contributed by atoms with Crippen LogP contribution in [0, 0.1) is 5.41 Å². The fourth-order valence-corrected chi connectivity index (χ4v) is 4.03. The summed E-state index contributed by atoms with van der Waals surface area (Å²) < 4.78 is -0.403. The molecule has 2 saturated heterocycles. The van der Waals surface area contributed by atoms with Gasteiger partial charge in [-0.05, 0) is 27.7 Å². The Morgan fingerprint density at radius 2 is 1.93 bits per heavy atom. The van der Waals surface area contributed by atoms with E-state index in [9.17, 15) is 9.59 Å². The Morgan fingerprint density at radius 1 is 1.40 bits per heavy atom. The summed E-state index contributed by atoms with van der Waals surface area (Å²) in [7, 11) is 0. The topological polar surface area (TPSA) is 57.6 Å². The molecular weight excluding hydrogens is 214 g/mol. The molecule has 0 saturated carbocycles. The molecule has 2 rings (SSSR count). The van der Waals surface area contributed by atoms with Crippen molar-refractivity contribution in [3.63, 3.8) is 0 Å². The summed E-state index contributed by atoms with van der Waals surface area (Å²) in [5, 5.41) is 9.17. The molecule has 2 aliphatic rings. The van der Waals surface area contributed by atoms with Crippen molar-refractivity contribution < 1.29 is 14.7 Å². The number of hydrogen-bond acceptors (Lipinski definition) is 3. The SMILES string of the molecule is CC1(C)S[C@H]2N(C(=O)C2(C)C)[C@H]1C(=O)O. The Bertz CT molecular complexity index is 351. The van der Waals surface area contributed by atoms with Crippen LogP contribution in [0.3, 0.4) is 0 Å². The third kappa shape index (κ3) is 1.16. The number of rotatable bonds is 1. The van der Waals surface area contributed by atoms with Crippen LogP contribution in [-0.2, 0) is 9.59 Å². The van der Waals surface area contributed by atoms with E-state index in [0.717, 1.165) is 0 Å². The lowest BCUT2D eigenvalue weighted by atomic mass is 9.80. The van der Waals surface area contributed by atoms with E-state index in [4.69, 9.17) is 5.11 Å². The zero-order chi connectivity index (χ0) is 11.6. The first kappa shape index (κ1) is 10.8. The van der Waals surface area contributed by atoms with Crippen LogP contribution in [0.15, 0.2) is 0 Å². The average Bonchev–Trinajstić information content (AvgIpc) is 2.35. The monoisotopic (exact) mass is 229 g/mol. The van der Waals surface area contributed by atoms with Crippen LogP contribution in [-0.4, -0.2) is 38.0 Å². The highest BCUT2D eigenvalue weighted by molar-refractivity contribution is 8.01. The predicted octanol–water partition coefficient (Wildman–Crippen LogP) is 1.16. The first-order valence-electron chi connectivity index (χ1n) is 4.93. The molecule has 1 N–H and O–H groups in total. The van der Waals surface area contributed by atoms with Gasteiger partial charge in [-0.15, -0.1) is 11.8 Å². The Labute approximate surface area is 93.0 Å². The van der Waals surface area contributed by atoms with Crippen LogP contribution in [0.25, 0.3) is 0 Å². The summed E-state index contributed by atoms with van der Waals surface area (Å²) >= 11 is 1.59. The van der Waals surface area contributed by atoms with Gasteiger partial charge in [-0.3, -0.25) is 4.79 Å². The molecule has 2 atom stereocenters. The lowest BCUT2D eigenvalue weighted by Crippen LogP contribution is -2.66. The Kier molecular flexibility index (Phi) is 1.94. The van der Waals surface area contributed by atoms with E-state index in [1.54, 1.807) is 11.8 Å². The number of nitrogens with zero attached hydrogens (tertiary/aromatic N) is 1. The third-order valence-electron chi connectivity index (χ3n) is 3.24. The molecule has 0 aliphatic carbocycles. The molecule has 0 radical (unpaired) electrons. The van der Waals surface area contributed by atoms with Crippen molar-refractivity contribution in [1.82, 2.24) is 4.90 Å². The third-order valence-corrected chi connectivity index (χ3v) is 5.11. The Balaban J connectivity index is 2.37. The lowest BCUT2D eigenvalue weighted by Gasteiger charge is -2.49. The molecule has 0 aromatic carbocycles. The molecule has 84 valence electrons. The van der Waals surface area contributed by atoms with Gasteiger partial charge in [0.25, 0.3) is 0 Å². The van der Waals surface area contributed by atoms with Crippen molar-refractivity contribution in [2.24, 2.45) is 5.41 Å². The summed E-state index contributed by atoms with van der Waals surface area (Å²) in [5.41, 5.74) is -0.411. The molecule has 5 heteroatoms. The molecule has 0 unspecified atom stereocenters. The van der Waals surface area contributed by atoms with Crippen molar-refractivity contribution >= 4 is 23.6 Å².